The number of halogens is 1. The Bertz CT molecular complexity index is 489. The molecule has 0 atom stereocenters. The Balaban J connectivity index is 1.96. The van der Waals surface area contributed by atoms with E-state index in [4.69, 9.17) is 4.74 Å². The quantitative estimate of drug-likeness (QED) is 0.800. The van der Waals surface area contributed by atoms with Crippen molar-refractivity contribution in [1.29, 1.82) is 0 Å². The lowest BCUT2D eigenvalue weighted by Crippen LogP contribution is -2.31. The van der Waals surface area contributed by atoms with Gasteiger partial charge >= 0.3 is 0 Å². The molecule has 1 aromatic heterocycles. The molecule has 0 bridgehead atoms. The summed E-state index contributed by atoms with van der Waals surface area (Å²) >= 11 is 0. The number of amides is 1. The van der Waals surface area contributed by atoms with Gasteiger partial charge in [-0.1, -0.05) is 0 Å². The maximum atomic E-state index is 14.0. The summed E-state index contributed by atoms with van der Waals surface area (Å²) in [5.74, 6) is -0.933. The molecule has 2 rings (SSSR count). The van der Waals surface area contributed by atoms with E-state index in [9.17, 15) is 9.18 Å². The molecule has 0 radical (unpaired) electrons. The Morgan fingerprint density at radius 1 is 1.55 bits per heavy atom. The number of pyridine rings is 1. The molecule has 110 valence electrons. The van der Waals surface area contributed by atoms with Crippen LogP contribution in [-0.4, -0.2) is 38.2 Å². The van der Waals surface area contributed by atoms with Crippen molar-refractivity contribution in [3.8, 4) is 0 Å². The fourth-order valence-electron chi connectivity index (χ4n) is 2.17. The van der Waals surface area contributed by atoms with Crippen molar-refractivity contribution < 1.29 is 13.9 Å². The number of carbonyl (C=O) groups is 1. The molecule has 6 heteroatoms. The van der Waals surface area contributed by atoms with E-state index in [1.54, 1.807) is 14.2 Å². The number of aromatic nitrogens is 1. The summed E-state index contributed by atoms with van der Waals surface area (Å²) < 4.78 is 19.0. The highest BCUT2D eigenvalue weighted by molar-refractivity contribution is 5.95. The lowest BCUT2D eigenvalue weighted by atomic mass is 10.0. The first-order chi connectivity index (χ1) is 9.62. The average Bonchev–Trinajstić information content (AvgIpc) is 3.23. The van der Waals surface area contributed by atoms with Gasteiger partial charge in [0.1, 0.15) is 0 Å². The van der Waals surface area contributed by atoms with Crippen LogP contribution in [0.5, 0.6) is 0 Å². The van der Waals surface area contributed by atoms with Gasteiger partial charge in [0.25, 0.3) is 5.91 Å². The van der Waals surface area contributed by atoms with Crippen molar-refractivity contribution in [3.63, 3.8) is 0 Å². The van der Waals surface area contributed by atoms with Crippen LogP contribution in [0.4, 0.5) is 10.2 Å². The van der Waals surface area contributed by atoms with Crippen LogP contribution < -0.4 is 10.6 Å². The van der Waals surface area contributed by atoms with E-state index < -0.39 is 11.7 Å². The van der Waals surface area contributed by atoms with Gasteiger partial charge in [0.15, 0.2) is 11.6 Å². The van der Waals surface area contributed by atoms with Gasteiger partial charge in [-0.25, -0.2) is 9.37 Å². The van der Waals surface area contributed by atoms with E-state index in [1.807, 2.05) is 0 Å². The van der Waals surface area contributed by atoms with E-state index in [-0.39, 0.29) is 16.8 Å². The molecule has 2 N–H and O–H groups in total. The second-order valence-corrected chi connectivity index (χ2v) is 5.20. The van der Waals surface area contributed by atoms with Gasteiger partial charge < -0.3 is 15.4 Å². The summed E-state index contributed by atoms with van der Waals surface area (Å²) in [7, 11) is 3.23. The summed E-state index contributed by atoms with van der Waals surface area (Å²) in [6.45, 7) is 1.25. The molecule has 0 aliphatic heterocycles. The van der Waals surface area contributed by atoms with Gasteiger partial charge in [0.2, 0.25) is 0 Å². The van der Waals surface area contributed by atoms with Crippen LogP contribution in [0.3, 0.4) is 0 Å². The van der Waals surface area contributed by atoms with Crippen LogP contribution in [-0.2, 0) is 4.74 Å². The topological polar surface area (TPSA) is 63.2 Å². The standard InChI is InChI=1S/C14H20FN3O2/c1-16-12-11(15)10(3-7-17-12)13(19)18-9-14(4-5-14)6-8-20-2/h3,7H,4-6,8-9H2,1-2H3,(H,16,17)(H,18,19). The molecule has 20 heavy (non-hydrogen) atoms. The SMILES string of the molecule is CNc1nccc(C(=O)NCC2(CCOC)CC2)c1F. The first-order valence-electron chi connectivity index (χ1n) is 6.71. The van der Waals surface area contributed by atoms with Crippen LogP contribution in [0, 0.1) is 11.2 Å². The lowest BCUT2D eigenvalue weighted by Gasteiger charge is -2.15. The van der Waals surface area contributed by atoms with Gasteiger partial charge in [-0.2, -0.15) is 0 Å². The molecule has 1 heterocycles. The summed E-state index contributed by atoms with van der Waals surface area (Å²) in [5, 5.41) is 5.43. The maximum Gasteiger partial charge on any atom is 0.254 e. The van der Waals surface area contributed by atoms with Crippen molar-refractivity contribution in [3.05, 3.63) is 23.6 Å². The van der Waals surface area contributed by atoms with Crippen molar-refractivity contribution >= 4 is 11.7 Å². The van der Waals surface area contributed by atoms with Crippen LogP contribution in [0.15, 0.2) is 12.3 Å². The Hall–Kier alpha value is -1.69. The van der Waals surface area contributed by atoms with Crippen molar-refractivity contribution in [2.45, 2.75) is 19.3 Å². The number of nitrogens with zero attached hydrogens (tertiary/aromatic N) is 1. The molecular formula is C14H20FN3O2. The molecule has 1 saturated carbocycles. The smallest absolute Gasteiger partial charge is 0.254 e. The summed E-state index contributed by atoms with van der Waals surface area (Å²) in [6, 6.07) is 1.39. The van der Waals surface area contributed by atoms with Gasteiger partial charge in [-0.05, 0) is 30.7 Å². The van der Waals surface area contributed by atoms with E-state index in [0.717, 1.165) is 19.3 Å². The predicted octanol–water partition coefficient (Wildman–Crippen LogP) is 1.81. The lowest BCUT2D eigenvalue weighted by molar-refractivity contribution is 0.0934. The average molecular weight is 281 g/mol. The Kier molecular flexibility index (Phi) is 4.54. The van der Waals surface area contributed by atoms with E-state index in [2.05, 4.69) is 15.6 Å². The molecule has 0 saturated heterocycles. The van der Waals surface area contributed by atoms with Crippen LogP contribution >= 0.6 is 0 Å². The minimum Gasteiger partial charge on any atom is -0.385 e. The molecule has 0 aromatic carbocycles. The van der Waals surface area contributed by atoms with E-state index in [1.165, 1.54) is 12.3 Å². The molecule has 0 unspecified atom stereocenters. The number of anilines is 1. The molecule has 1 aliphatic carbocycles. The highest BCUT2D eigenvalue weighted by Gasteiger charge is 2.42. The fourth-order valence-corrected chi connectivity index (χ4v) is 2.17. The summed E-state index contributed by atoms with van der Waals surface area (Å²) in [4.78, 5) is 15.9. The van der Waals surface area contributed by atoms with Crippen molar-refractivity contribution in [1.82, 2.24) is 10.3 Å². The predicted molar refractivity (Wildman–Crippen MR) is 74.2 cm³/mol. The Labute approximate surface area is 117 Å². The number of nitrogens with one attached hydrogen (secondary N) is 2. The highest BCUT2D eigenvalue weighted by Crippen LogP contribution is 2.48. The zero-order valence-corrected chi connectivity index (χ0v) is 11.8. The first-order valence-corrected chi connectivity index (χ1v) is 6.71. The van der Waals surface area contributed by atoms with Gasteiger partial charge in [-0.3, -0.25) is 4.79 Å². The molecule has 1 amide bonds. The number of hydrogen-bond donors (Lipinski definition) is 2. The monoisotopic (exact) mass is 281 g/mol. The molecule has 1 aromatic rings. The summed E-state index contributed by atoms with van der Waals surface area (Å²) in [6.07, 6.45) is 4.50. The van der Waals surface area contributed by atoms with Gasteiger partial charge in [0, 0.05) is 33.5 Å². The minimum atomic E-state index is -0.616. The molecule has 0 spiro atoms. The van der Waals surface area contributed by atoms with Crippen molar-refractivity contribution in [2.75, 3.05) is 32.6 Å². The largest absolute Gasteiger partial charge is 0.385 e. The fraction of sp³-hybridized carbons (Fsp3) is 0.571. The minimum absolute atomic E-state index is 0.0203. The second kappa shape index (κ2) is 6.17. The Morgan fingerprint density at radius 2 is 2.30 bits per heavy atom. The van der Waals surface area contributed by atoms with Gasteiger partial charge in [0.05, 0.1) is 5.56 Å². The highest BCUT2D eigenvalue weighted by atomic mass is 19.1. The number of rotatable bonds is 7. The Morgan fingerprint density at radius 3 is 2.90 bits per heavy atom. The van der Waals surface area contributed by atoms with Crippen molar-refractivity contribution in [2.24, 2.45) is 5.41 Å². The summed E-state index contributed by atoms with van der Waals surface area (Å²) in [5.41, 5.74) is 0.160. The van der Waals surface area contributed by atoms with Crippen LogP contribution in [0.25, 0.3) is 0 Å². The number of methoxy groups -OCH3 is 1. The zero-order chi connectivity index (χ0) is 14.6. The third-order valence-electron chi connectivity index (χ3n) is 3.79. The number of ether oxygens (including phenoxy) is 1. The molecular weight excluding hydrogens is 261 g/mol. The number of carbonyl (C=O) groups excluding carboxylic acids is 1. The van der Waals surface area contributed by atoms with E-state index in [0.29, 0.717) is 13.2 Å². The second-order valence-electron chi connectivity index (χ2n) is 5.20. The zero-order valence-electron chi connectivity index (χ0n) is 11.8. The first kappa shape index (κ1) is 14.7. The molecule has 5 nitrogen and oxygen atoms in total. The van der Waals surface area contributed by atoms with Crippen LogP contribution in [0.2, 0.25) is 0 Å². The normalized spacial score (nSPS) is 15.8. The maximum absolute atomic E-state index is 14.0. The van der Waals surface area contributed by atoms with Crippen LogP contribution in [0.1, 0.15) is 29.6 Å². The van der Waals surface area contributed by atoms with E-state index >= 15 is 0 Å². The third kappa shape index (κ3) is 3.25. The molecule has 1 fully saturated rings. The van der Waals surface area contributed by atoms with Gasteiger partial charge in [-0.15, -0.1) is 0 Å². The molecule has 1 aliphatic rings. The third-order valence-corrected chi connectivity index (χ3v) is 3.79. The number of hydrogen-bond acceptors (Lipinski definition) is 4.